The summed E-state index contributed by atoms with van der Waals surface area (Å²) < 4.78 is 7.36. The maximum atomic E-state index is 5.34. The minimum absolute atomic E-state index is 0.0616. The summed E-state index contributed by atoms with van der Waals surface area (Å²) in [6.07, 6.45) is 4.08. The van der Waals surface area contributed by atoms with Crippen LogP contribution in [-0.2, 0) is 16.8 Å². The van der Waals surface area contributed by atoms with E-state index in [0.29, 0.717) is 0 Å². The van der Waals surface area contributed by atoms with E-state index in [1.165, 1.54) is 5.56 Å². The Morgan fingerprint density at radius 2 is 2.05 bits per heavy atom. The molecule has 0 unspecified atom stereocenters. The topological polar surface area (TPSA) is 42.3 Å². The fourth-order valence-corrected chi connectivity index (χ4v) is 2.11. The number of aromatic nitrogens is 2. The number of hydrogen-bond donors (Lipinski definition) is 1. The van der Waals surface area contributed by atoms with Crippen LogP contribution in [-0.4, -0.2) is 54.1 Å². The average molecular weight is 266 g/mol. The zero-order valence-corrected chi connectivity index (χ0v) is 12.4. The van der Waals surface area contributed by atoms with Gasteiger partial charge in [0, 0.05) is 44.5 Å². The molecule has 1 fully saturated rings. The smallest absolute Gasteiger partial charge is 0.0594 e. The highest BCUT2D eigenvalue weighted by molar-refractivity contribution is 5.04. The zero-order chi connectivity index (χ0) is 13.7. The van der Waals surface area contributed by atoms with E-state index in [4.69, 9.17) is 4.74 Å². The maximum Gasteiger partial charge on any atom is 0.0594 e. The first-order chi connectivity index (χ1) is 9.05. The maximum absolute atomic E-state index is 5.34. The van der Waals surface area contributed by atoms with Crippen LogP contribution in [0.4, 0.5) is 0 Å². The Kier molecular flexibility index (Phi) is 4.96. The van der Waals surface area contributed by atoms with Gasteiger partial charge in [-0.1, -0.05) is 0 Å². The fourth-order valence-electron chi connectivity index (χ4n) is 2.11. The molecule has 108 valence electrons. The third-order valence-corrected chi connectivity index (χ3v) is 3.36. The number of nitrogens with zero attached hydrogens (tertiary/aromatic N) is 3. The predicted octanol–water partition coefficient (Wildman–Crippen LogP) is 1.06. The molecule has 0 amide bonds. The van der Waals surface area contributed by atoms with Crippen LogP contribution in [0.3, 0.4) is 0 Å². The quantitative estimate of drug-likeness (QED) is 0.809. The first kappa shape index (κ1) is 14.5. The molecular formula is C14H26N4O. The fraction of sp³-hybridized carbons (Fsp3) is 0.786. The molecule has 0 aromatic carbocycles. The molecule has 5 nitrogen and oxygen atoms in total. The van der Waals surface area contributed by atoms with Gasteiger partial charge in [0.2, 0.25) is 0 Å². The number of nitrogens with one attached hydrogen (secondary N) is 1. The summed E-state index contributed by atoms with van der Waals surface area (Å²) in [5.74, 6) is 0. The second kappa shape index (κ2) is 6.50. The summed E-state index contributed by atoms with van der Waals surface area (Å²) in [6.45, 7) is 13.3. The first-order valence-corrected chi connectivity index (χ1v) is 7.10. The van der Waals surface area contributed by atoms with Gasteiger partial charge in [0.05, 0.1) is 24.9 Å². The van der Waals surface area contributed by atoms with Gasteiger partial charge >= 0.3 is 0 Å². The molecule has 1 saturated heterocycles. The standard InChI is InChI=1S/C14H26N4O/c1-14(2,3)18-12-13(11-16-18)10-15-4-5-17-6-8-19-9-7-17/h11-12,15H,4-10H2,1-3H3. The van der Waals surface area contributed by atoms with Gasteiger partial charge in [0.15, 0.2) is 0 Å². The Balaban J connectivity index is 1.66. The van der Waals surface area contributed by atoms with Gasteiger partial charge in [-0.2, -0.15) is 5.10 Å². The van der Waals surface area contributed by atoms with Gasteiger partial charge in [0.25, 0.3) is 0 Å². The minimum Gasteiger partial charge on any atom is -0.379 e. The minimum atomic E-state index is 0.0616. The Bertz CT molecular complexity index is 377. The molecule has 1 aliphatic rings. The molecular weight excluding hydrogens is 240 g/mol. The van der Waals surface area contributed by atoms with Crippen molar-refractivity contribution in [2.45, 2.75) is 32.9 Å². The molecule has 19 heavy (non-hydrogen) atoms. The van der Waals surface area contributed by atoms with Crippen molar-refractivity contribution in [2.75, 3.05) is 39.4 Å². The third-order valence-electron chi connectivity index (χ3n) is 3.36. The molecule has 2 rings (SSSR count). The predicted molar refractivity (Wildman–Crippen MR) is 76.2 cm³/mol. The molecule has 1 aromatic rings. The van der Waals surface area contributed by atoms with Gasteiger partial charge in [-0.15, -0.1) is 0 Å². The van der Waals surface area contributed by atoms with E-state index in [-0.39, 0.29) is 5.54 Å². The largest absolute Gasteiger partial charge is 0.379 e. The van der Waals surface area contributed by atoms with E-state index in [9.17, 15) is 0 Å². The summed E-state index contributed by atoms with van der Waals surface area (Å²) in [7, 11) is 0. The molecule has 5 heteroatoms. The first-order valence-electron chi connectivity index (χ1n) is 7.10. The van der Waals surface area contributed by atoms with E-state index >= 15 is 0 Å². The van der Waals surface area contributed by atoms with E-state index in [1.807, 2.05) is 10.9 Å². The lowest BCUT2D eigenvalue weighted by molar-refractivity contribution is 0.0384. The van der Waals surface area contributed by atoms with Crippen LogP contribution in [0.2, 0.25) is 0 Å². The van der Waals surface area contributed by atoms with Crippen molar-refractivity contribution in [3.8, 4) is 0 Å². The van der Waals surface area contributed by atoms with Crippen LogP contribution in [0.15, 0.2) is 12.4 Å². The van der Waals surface area contributed by atoms with Crippen LogP contribution < -0.4 is 5.32 Å². The van der Waals surface area contributed by atoms with Gasteiger partial charge in [-0.3, -0.25) is 9.58 Å². The normalized spacial score (nSPS) is 17.8. The van der Waals surface area contributed by atoms with Crippen molar-refractivity contribution in [1.82, 2.24) is 20.0 Å². The highest BCUT2D eigenvalue weighted by Gasteiger charge is 2.13. The van der Waals surface area contributed by atoms with Gasteiger partial charge < -0.3 is 10.1 Å². The molecule has 0 spiro atoms. The van der Waals surface area contributed by atoms with E-state index in [2.05, 4.69) is 42.3 Å². The van der Waals surface area contributed by atoms with E-state index < -0.39 is 0 Å². The molecule has 1 aromatic heterocycles. The number of rotatable bonds is 5. The molecule has 1 aliphatic heterocycles. The second-order valence-electron chi connectivity index (χ2n) is 6.09. The SMILES string of the molecule is CC(C)(C)n1cc(CNCCN2CCOCC2)cn1. The van der Waals surface area contributed by atoms with Gasteiger partial charge in [-0.05, 0) is 20.8 Å². The number of hydrogen-bond acceptors (Lipinski definition) is 4. The van der Waals surface area contributed by atoms with Crippen molar-refractivity contribution in [3.05, 3.63) is 18.0 Å². The molecule has 0 aliphatic carbocycles. The third kappa shape index (κ3) is 4.60. The highest BCUT2D eigenvalue weighted by atomic mass is 16.5. The molecule has 0 saturated carbocycles. The van der Waals surface area contributed by atoms with Gasteiger partial charge in [-0.25, -0.2) is 0 Å². The lowest BCUT2D eigenvalue weighted by Crippen LogP contribution is -2.40. The van der Waals surface area contributed by atoms with Crippen LogP contribution in [0.25, 0.3) is 0 Å². The van der Waals surface area contributed by atoms with Crippen LogP contribution in [0.1, 0.15) is 26.3 Å². The van der Waals surface area contributed by atoms with E-state index in [1.54, 1.807) is 0 Å². The van der Waals surface area contributed by atoms with Crippen molar-refractivity contribution in [2.24, 2.45) is 0 Å². The summed E-state index contributed by atoms with van der Waals surface area (Å²) in [4.78, 5) is 2.44. The van der Waals surface area contributed by atoms with Crippen molar-refractivity contribution < 1.29 is 4.74 Å². The van der Waals surface area contributed by atoms with Gasteiger partial charge in [0.1, 0.15) is 0 Å². The Morgan fingerprint density at radius 1 is 1.32 bits per heavy atom. The second-order valence-corrected chi connectivity index (χ2v) is 6.09. The van der Waals surface area contributed by atoms with Crippen molar-refractivity contribution >= 4 is 0 Å². The molecule has 1 N–H and O–H groups in total. The van der Waals surface area contributed by atoms with Crippen LogP contribution >= 0.6 is 0 Å². The lowest BCUT2D eigenvalue weighted by atomic mass is 10.1. The Morgan fingerprint density at radius 3 is 2.68 bits per heavy atom. The highest BCUT2D eigenvalue weighted by Crippen LogP contribution is 2.12. The zero-order valence-electron chi connectivity index (χ0n) is 12.4. The van der Waals surface area contributed by atoms with Crippen LogP contribution in [0.5, 0.6) is 0 Å². The monoisotopic (exact) mass is 266 g/mol. The summed E-state index contributed by atoms with van der Waals surface area (Å²) >= 11 is 0. The van der Waals surface area contributed by atoms with Crippen molar-refractivity contribution in [3.63, 3.8) is 0 Å². The number of ether oxygens (including phenoxy) is 1. The molecule has 0 radical (unpaired) electrons. The Labute approximate surface area is 115 Å². The summed E-state index contributed by atoms with van der Waals surface area (Å²) in [5, 5.41) is 7.88. The average Bonchev–Trinajstić information content (AvgIpc) is 2.85. The lowest BCUT2D eigenvalue weighted by Gasteiger charge is -2.26. The summed E-state index contributed by atoms with van der Waals surface area (Å²) in [5.41, 5.74) is 1.31. The van der Waals surface area contributed by atoms with Crippen molar-refractivity contribution in [1.29, 1.82) is 0 Å². The molecule has 0 atom stereocenters. The Hall–Kier alpha value is -0.910. The number of morpholine rings is 1. The van der Waals surface area contributed by atoms with E-state index in [0.717, 1.165) is 45.9 Å². The summed E-state index contributed by atoms with van der Waals surface area (Å²) in [6, 6.07) is 0. The van der Waals surface area contributed by atoms with Crippen LogP contribution in [0, 0.1) is 0 Å². The molecule has 0 bridgehead atoms. The molecule has 2 heterocycles.